The first-order valence-corrected chi connectivity index (χ1v) is 10.4. The number of hydrogen-bond acceptors (Lipinski definition) is 4. The second kappa shape index (κ2) is 9.55. The van der Waals surface area contributed by atoms with Crippen molar-refractivity contribution in [1.82, 2.24) is 4.90 Å². The first-order chi connectivity index (χ1) is 13.6. The Morgan fingerprint density at radius 1 is 1.04 bits per heavy atom. The number of benzene rings is 2. The van der Waals surface area contributed by atoms with E-state index in [-0.39, 0.29) is 0 Å². The Hall–Kier alpha value is -1.88. The molecule has 2 aromatic carbocycles. The number of allylic oxidation sites excluding steroid dienone is 1. The first-order valence-electron chi connectivity index (χ1n) is 9.61. The molecule has 4 nitrogen and oxygen atoms in total. The van der Waals surface area contributed by atoms with Crippen LogP contribution in [0.15, 0.2) is 43.0 Å². The molecule has 0 aliphatic carbocycles. The highest BCUT2D eigenvalue weighted by Gasteiger charge is 2.23. The molecule has 2 N–H and O–H groups in total. The van der Waals surface area contributed by atoms with Crippen molar-refractivity contribution in [3.05, 3.63) is 64.2 Å². The van der Waals surface area contributed by atoms with Gasteiger partial charge >= 0.3 is 0 Å². The fraction of sp³-hybridized carbons (Fsp3) is 0.364. The van der Waals surface area contributed by atoms with Crippen molar-refractivity contribution in [2.75, 3.05) is 49.4 Å². The second-order valence-electron chi connectivity index (χ2n) is 7.04. The molecule has 0 radical (unpaired) electrons. The zero-order chi connectivity index (χ0) is 20.1. The largest absolute Gasteiger partial charge is 0.388 e. The fourth-order valence-corrected chi connectivity index (χ4v) is 4.17. The quantitative estimate of drug-likeness (QED) is 0.555. The van der Waals surface area contributed by atoms with Gasteiger partial charge in [-0.1, -0.05) is 41.4 Å². The predicted molar refractivity (Wildman–Crippen MR) is 123 cm³/mol. The summed E-state index contributed by atoms with van der Waals surface area (Å²) in [5, 5.41) is 7.58. The van der Waals surface area contributed by atoms with Gasteiger partial charge in [-0.05, 0) is 42.2 Å². The van der Waals surface area contributed by atoms with Gasteiger partial charge in [0, 0.05) is 39.4 Å². The molecule has 28 heavy (non-hydrogen) atoms. The van der Waals surface area contributed by atoms with E-state index in [1.165, 1.54) is 16.8 Å². The number of nitrogens with one attached hydrogen (secondary N) is 2. The second-order valence-corrected chi connectivity index (χ2v) is 7.79. The molecule has 0 aromatic heterocycles. The zero-order valence-corrected chi connectivity index (χ0v) is 18.1. The molecule has 0 atom stereocenters. The lowest BCUT2D eigenvalue weighted by molar-refractivity contribution is 0.334. The van der Waals surface area contributed by atoms with Gasteiger partial charge in [0.2, 0.25) is 0 Å². The minimum atomic E-state index is 0.578. The molecule has 2 aromatic rings. The number of halogens is 2. The van der Waals surface area contributed by atoms with Crippen LogP contribution in [-0.4, -0.2) is 38.8 Å². The van der Waals surface area contributed by atoms with E-state index in [2.05, 4.69) is 45.2 Å². The Labute approximate surface area is 178 Å². The Morgan fingerprint density at radius 2 is 1.82 bits per heavy atom. The summed E-state index contributed by atoms with van der Waals surface area (Å²) in [4.78, 5) is 4.71. The van der Waals surface area contributed by atoms with E-state index >= 15 is 0 Å². The number of nitrogens with zero attached hydrogens (tertiary/aromatic N) is 2. The molecule has 0 unspecified atom stereocenters. The van der Waals surface area contributed by atoms with Crippen LogP contribution in [0.5, 0.6) is 0 Å². The Bertz CT molecular complexity index is 838. The maximum absolute atomic E-state index is 6.52. The topological polar surface area (TPSA) is 30.5 Å². The highest BCUT2D eigenvalue weighted by molar-refractivity contribution is 6.45. The number of aryl methyl sites for hydroxylation is 1. The summed E-state index contributed by atoms with van der Waals surface area (Å²) >= 11 is 12.9. The lowest BCUT2D eigenvalue weighted by Crippen LogP contribution is -2.25. The highest BCUT2D eigenvalue weighted by atomic mass is 35.5. The third kappa shape index (κ3) is 4.57. The molecule has 1 saturated heterocycles. The van der Waals surface area contributed by atoms with Crippen LogP contribution >= 0.6 is 23.2 Å². The van der Waals surface area contributed by atoms with Crippen LogP contribution in [-0.2, 0) is 13.0 Å². The number of hydrogen-bond donors (Lipinski definition) is 2. The monoisotopic (exact) mass is 418 g/mol. The van der Waals surface area contributed by atoms with E-state index in [1.807, 2.05) is 32.3 Å². The van der Waals surface area contributed by atoms with Gasteiger partial charge in [0.05, 0.1) is 28.1 Å². The van der Waals surface area contributed by atoms with Gasteiger partial charge in [-0.2, -0.15) is 0 Å². The molecule has 0 amide bonds. The molecular weight excluding hydrogens is 391 g/mol. The van der Waals surface area contributed by atoms with Crippen molar-refractivity contribution in [3.63, 3.8) is 0 Å². The van der Waals surface area contributed by atoms with Crippen molar-refractivity contribution < 1.29 is 0 Å². The Morgan fingerprint density at radius 3 is 2.54 bits per heavy atom. The van der Waals surface area contributed by atoms with Crippen molar-refractivity contribution in [3.8, 4) is 0 Å². The third-order valence-electron chi connectivity index (χ3n) is 5.20. The van der Waals surface area contributed by atoms with Gasteiger partial charge < -0.3 is 15.5 Å². The molecule has 6 heteroatoms. The van der Waals surface area contributed by atoms with E-state index < -0.39 is 0 Å². The van der Waals surface area contributed by atoms with Gasteiger partial charge in [0.1, 0.15) is 0 Å². The van der Waals surface area contributed by atoms with Crippen LogP contribution in [0.2, 0.25) is 10.0 Å². The van der Waals surface area contributed by atoms with E-state index in [0.717, 1.165) is 50.5 Å². The number of rotatable bonds is 8. The van der Waals surface area contributed by atoms with Gasteiger partial charge in [0.15, 0.2) is 0 Å². The van der Waals surface area contributed by atoms with Crippen molar-refractivity contribution >= 4 is 40.3 Å². The van der Waals surface area contributed by atoms with Crippen molar-refractivity contribution in [1.29, 1.82) is 0 Å². The predicted octanol–water partition coefficient (Wildman–Crippen LogP) is 5.48. The molecule has 1 heterocycles. The van der Waals surface area contributed by atoms with E-state index in [0.29, 0.717) is 10.0 Å². The van der Waals surface area contributed by atoms with E-state index in [4.69, 9.17) is 23.2 Å². The fourth-order valence-electron chi connectivity index (χ4n) is 3.64. The number of anilines is 3. The van der Waals surface area contributed by atoms with Gasteiger partial charge in [-0.3, -0.25) is 4.90 Å². The van der Waals surface area contributed by atoms with Gasteiger partial charge in [0.25, 0.3) is 0 Å². The van der Waals surface area contributed by atoms with Crippen LogP contribution in [0.3, 0.4) is 0 Å². The first kappa shape index (κ1) is 20.8. The maximum atomic E-state index is 6.52. The lowest BCUT2D eigenvalue weighted by atomic mass is 10.0. The summed E-state index contributed by atoms with van der Waals surface area (Å²) < 4.78 is 0. The Kier molecular flexibility index (Phi) is 7.11. The standard InChI is InChI=1S/C22H28Cl2N4/c1-4-5-6-17-8-7-16(13-19(17)26-3)14-27-11-12-28(15-27)20-10-9-18(25-2)21(23)22(20)24/h4,7-10,13,25-26H,1,5-6,11-12,14-15H2,2-3H3. The smallest absolute Gasteiger partial charge is 0.0847 e. The molecule has 0 spiro atoms. The van der Waals surface area contributed by atoms with Crippen LogP contribution in [0, 0.1) is 0 Å². The summed E-state index contributed by atoms with van der Waals surface area (Å²) in [7, 11) is 3.82. The lowest BCUT2D eigenvalue weighted by Gasteiger charge is -2.22. The van der Waals surface area contributed by atoms with Crippen LogP contribution in [0.1, 0.15) is 17.5 Å². The van der Waals surface area contributed by atoms with Crippen LogP contribution < -0.4 is 15.5 Å². The summed E-state index contributed by atoms with van der Waals surface area (Å²) in [5.41, 5.74) is 5.68. The molecule has 1 aliphatic rings. The highest BCUT2D eigenvalue weighted by Crippen LogP contribution is 2.38. The average molecular weight is 419 g/mol. The third-order valence-corrected chi connectivity index (χ3v) is 6.07. The van der Waals surface area contributed by atoms with E-state index in [9.17, 15) is 0 Å². The normalized spacial score (nSPS) is 14.4. The SMILES string of the molecule is C=CCCc1ccc(CN2CCN(c3ccc(NC)c(Cl)c3Cl)C2)cc1NC. The molecule has 1 aliphatic heterocycles. The summed E-state index contributed by atoms with van der Waals surface area (Å²) in [6.07, 6.45) is 3.97. The molecule has 3 rings (SSSR count). The Balaban J connectivity index is 1.68. The maximum Gasteiger partial charge on any atom is 0.0847 e. The molecule has 0 bridgehead atoms. The molecule has 1 fully saturated rings. The molecule has 150 valence electrons. The molecule has 0 saturated carbocycles. The summed E-state index contributed by atoms with van der Waals surface area (Å²) in [6, 6.07) is 10.7. The summed E-state index contributed by atoms with van der Waals surface area (Å²) in [6.45, 7) is 7.49. The van der Waals surface area contributed by atoms with E-state index in [1.54, 1.807) is 0 Å². The molecular formula is C22H28Cl2N4. The van der Waals surface area contributed by atoms with Gasteiger partial charge in [-0.15, -0.1) is 6.58 Å². The van der Waals surface area contributed by atoms with Gasteiger partial charge in [-0.25, -0.2) is 0 Å². The minimum Gasteiger partial charge on any atom is -0.388 e. The van der Waals surface area contributed by atoms with Crippen LogP contribution in [0.25, 0.3) is 0 Å². The van der Waals surface area contributed by atoms with Crippen LogP contribution in [0.4, 0.5) is 17.1 Å². The average Bonchev–Trinajstić information content (AvgIpc) is 3.17. The zero-order valence-electron chi connectivity index (χ0n) is 16.6. The minimum absolute atomic E-state index is 0.578. The summed E-state index contributed by atoms with van der Waals surface area (Å²) in [5.74, 6) is 0. The van der Waals surface area contributed by atoms with Crippen molar-refractivity contribution in [2.45, 2.75) is 19.4 Å². The van der Waals surface area contributed by atoms with Crippen molar-refractivity contribution in [2.24, 2.45) is 0 Å².